The third-order valence-corrected chi connectivity index (χ3v) is 6.56. The van der Waals surface area contributed by atoms with Gasteiger partial charge in [0, 0.05) is 0 Å². The lowest BCUT2D eigenvalue weighted by Crippen LogP contribution is -2.29. The first-order valence-corrected chi connectivity index (χ1v) is 12.3. The maximum absolute atomic E-state index is 6.09. The van der Waals surface area contributed by atoms with Crippen molar-refractivity contribution >= 4 is 0 Å². The summed E-state index contributed by atoms with van der Waals surface area (Å²) in [5, 5.41) is 0. The number of rotatable bonds is 1. The summed E-state index contributed by atoms with van der Waals surface area (Å²) in [6, 6.07) is 0. The summed E-state index contributed by atoms with van der Waals surface area (Å²) in [6.45, 7) is 20.6. The summed E-state index contributed by atoms with van der Waals surface area (Å²) in [5.41, 5.74) is 0.911. The maximum atomic E-state index is 6.09. The van der Waals surface area contributed by atoms with Gasteiger partial charge < -0.3 is 4.74 Å². The van der Waals surface area contributed by atoms with E-state index in [1.807, 2.05) is 0 Å². The second-order valence-corrected chi connectivity index (χ2v) is 12.5. The van der Waals surface area contributed by atoms with Crippen molar-refractivity contribution in [1.82, 2.24) is 0 Å². The van der Waals surface area contributed by atoms with Crippen LogP contribution in [0.2, 0.25) is 0 Å². The molecule has 0 aliphatic heterocycles. The molecule has 1 nitrogen and oxygen atoms in total. The summed E-state index contributed by atoms with van der Waals surface area (Å²) >= 11 is 0. The first-order valence-electron chi connectivity index (χ1n) is 12.3. The van der Waals surface area contributed by atoms with Crippen LogP contribution in [-0.2, 0) is 4.74 Å². The van der Waals surface area contributed by atoms with E-state index in [0.29, 0.717) is 16.9 Å². The minimum atomic E-state index is -0.0363. The number of allylic oxidation sites excluding steroid dienone is 3. The molecule has 2 aliphatic carbocycles. The van der Waals surface area contributed by atoms with E-state index in [-0.39, 0.29) is 5.60 Å². The molecule has 0 saturated carbocycles. The molecule has 0 spiro atoms. The Bertz CT molecular complexity index is 492. The zero-order valence-corrected chi connectivity index (χ0v) is 21.3. The van der Waals surface area contributed by atoms with Crippen molar-refractivity contribution < 1.29 is 4.74 Å². The quantitative estimate of drug-likeness (QED) is 0.396. The van der Waals surface area contributed by atoms with Crippen LogP contribution in [-0.4, -0.2) is 11.7 Å². The number of hydrogen-bond acceptors (Lipinski definition) is 1. The molecule has 0 heterocycles. The maximum Gasteiger partial charge on any atom is 0.0763 e. The second kappa shape index (κ2) is 11.7. The Balaban J connectivity index is 0.000000308. The lowest BCUT2D eigenvalue weighted by atomic mass is 9.74. The Morgan fingerprint density at radius 1 is 0.586 bits per heavy atom. The monoisotopic (exact) mass is 404 g/mol. The molecular formula is C28H52O. The molecule has 2 rings (SSSR count). The zero-order chi connectivity index (χ0) is 22.1. The van der Waals surface area contributed by atoms with Gasteiger partial charge in [-0.05, 0) is 101 Å². The topological polar surface area (TPSA) is 9.23 Å². The summed E-state index contributed by atoms with van der Waals surface area (Å²) in [7, 11) is 0. The van der Waals surface area contributed by atoms with Crippen LogP contribution in [0.15, 0.2) is 24.3 Å². The highest BCUT2D eigenvalue weighted by atomic mass is 16.5. The van der Waals surface area contributed by atoms with Gasteiger partial charge in [-0.25, -0.2) is 0 Å². The van der Waals surface area contributed by atoms with Crippen LogP contribution >= 0.6 is 0 Å². The summed E-state index contributed by atoms with van der Waals surface area (Å²) < 4.78 is 6.09. The summed E-state index contributed by atoms with van der Waals surface area (Å²) in [5.74, 6) is 1.75. The van der Waals surface area contributed by atoms with Crippen LogP contribution in [0.25, 0.3) is 0 Å². The van der Waals surface area contributed by atoms with Crippen LogP contribution in [0.4, 0.5) is 0 Å². The van der Waals surface area contributed by atoms with E-state index in [0.717, 1.165) is 18.3 Å². The predicted octanol–water partition coefficient (Wildman–Crippen LogP) is 9.13. The van der Waals surface area contributed by atoms with Crippen LogP contribution < -0.4 is 0 Å². The Labute approximate surface area is 183 Å². The van der Waals surface area contributed by atoms with E-state index in [1.165, 1.54) is 51.4 Å². The van der Waals surface area contributed by atoms with E-state index in [4.69, 9.17) is 4.74 Å². The Hall–Kier alpha value is -0.560. The molecule has 0 amide bonds. The fourth-order valence-electron chi connectivity index (χ4n) is 4.60. The minimum absolute atomic E-state index is 0.0363. The zero-order valence-electron chi connectivity index (χ0n) is 21.3. The third kappa shape index (κ3) is 12.0. The molecule has 0 fully saturated rings. The van der Waals surface area contributed by atoms with E-state index >= 15 is 0 Å². The van der Waals surface area contributed by atoms with Gasteiger partial charge in [0.1, 0.15) is 0 Å². The molecule has 0 aromatic heterocycles. The van der Waals surface area contributed by atoms with Gasteiger partial charge in [-0.1, -0.05) is 65.8 Å². The molecule has 0 radical (unpaired) electrons. The SMILES string of the molecule is CC(C)(C)C1CC/C=C/CCC1.CC(C)(C)OC1/C=C/CCC(C(C)(C)C)CC1. The molecule has 0 aromatic carbocycles. The Morgan fingerprint density at radius 2 is 1.10 bits per heavy atom. The second-order valence-electron chi connectivity index (χ2n) is 12.5. The van der Waals surface area contributed by atoms with Gasteiger partial charge in [0.05, 0.1) is 11.7 Å². The number of hydrogen-bond donors (Lipinski definition) is 0. The van der Waals surface area contributed by atoms with E-state index in [1.54, 1.807) is 0 Å². The first kappa shape index (κ1) is 26.5. The lowest BCUT2D eigenvalue weighted by molar-refractivity contribution is -0.0454. The van der Waals surface area contributed by atoms with Crippen molar-refractivity contribution in [1.29, 1.82) is 0 Å². The Morgan fingerprint density at radius 3 is 1.66 bits per heavy atom. The van der Waals surface area contributed by atoms with Crippen LogP contribution in [0.1, 0.15) is 120 Å². The highest BCUT2D eigenvalue weighted by molar-refractivity contribution is 4.95. The van der Waals surface area contributed by atoms with Gasteiger partial charge in [0.2, 0.25) is 0 Å². The normalized spacial score (nSPS) is 29.3. The van der Waals surface area contributed by atoms with Crippen LogP contribution in [0.3, 0.4) is 0 Å². The molecule has 170 valence electrons. The average Bonchev–Trinajstić information content (AvgIpc) is 2.46. The largest absolute Gasteiger partial charge is 0.369 e. The van der Waals surface area contributed by atoms with Crippen molar-refractivity contribution in [2.24, 2.45) is 22.7 Å². The van der Waals surface area contributed by atoms with Crippen LogP contribution in [0.5, 0.6) is 0 Å². The minimum Gasteiger partial charge on any atom is -0.369 e. The predicted molar refractivity (Wildman–Crippen MR) is 130 cm³/mol. The van der Waals surface area contributed by atoms with E-state index in [9.17, 15) is 0 Å². The first-order chi connectivity index (χ1) is 13.3. The molecule has 0 aromatic rings. The summed E-state index contributed by atoms with van der Waals surface area (Å²) in [6.07, 6.45) is 21.4. The van der Waals surface area contributed by atoms with Gasteiger partial charge in [0.25, 0.3) is 0 Å². The smallest absolute Gasteiger partial charge is 0.0763 e. The highest BCUT2D eigenvalue weighted by Gasteiger charge is 2.27. The lowest BCUT2D eigenvalue weighted by Gasteiger charge is -2.34. The van der Waals surface area contributed by atoms with Crippen molar-refractivity contribution in [3.63, 3.8) is 0 Å². The van der Waals surface area contributed by atoms with Crippen molar-refractivity contribution in [3.05, 3.63) is 24.3 Å². The number of ether oxygens (including phenoxy) is 1. The average molecular weight is 405 g/mol. The molecule has 0 saturated heterocycles. The molecule has 0 N–H and O–H groups in total. The standard InChI is InChI=1S/C16H30O.C12H22/c1-15(2,3)13-9-7-8-10-14(12-11-13)17-16(4,5)6;1-12(2,3)11-9-7-5-4-6-8-10-11/h8,10,13-14H,7,9,11-12H2,1-6H3;4-5,11H,6-10H2,1-3H3/b10-8+;5-4+. The third-order valence-electron chi connectivity index (χ3n) is 6.56. The van der Waals surface area contributed by atoms with Crippen molar-refractivity contribution in [2.45, 2.75) is 132 Å². The van der Waals surface area contributed by atoms with Crippen molar-refractivity contribution in [2.75, 3.05) is 0 Å². The summed E-state index contributed by atoms with van der Waals surface area (Å²) in [4.78, 5) is 0. The van der Waals surface area contributed by atoms with E-state index in [2.05, 4.69) is 86.6 Å². The van der Waals surface area contributed by atoms with Gasteiger partial charge in [-0.15, -0.1) is 0 Å². The fourth-order valence-corrected chi connectivity index (χ4v) is 4.60. The molecule has 0 bridgehead atoms. The highest BCUT2D eigenvalue weighted by Crippen LogP contribution is 2.36. The van der Waals surface area contributed by atoms with Crippen molar-refractivity contribution in [3.8, 4) is 0 Å². The molecule has 1 heteroatoms. The molecule has 2 aliphatic rings. The molecule has 3 atom stereocenters. The molecule has 3 unspecified atom stereocenters. The van der Waals surface area contributed by atoms with Crippen LogP contribution in [0, 0.1) is 22.7 Å². The van der Waals surface area contributed by atoms with Gasteiger partial charge in [0.15, 0.2) is 0 Å². The van der Waals surface area contributed by atoms with Gasteiger partial charge in [-0.3, -0.25) is 0 Å². The molecule has 29 heavy (non-hydrogen) atoms. The van der Waals surface area contributed by atoms with E-state index < -0.39 is 0 Å². The van der Waals surface area contributed by atoms with Gasteiger partial charge >= 0.3 is 0 Å². The fraction of sp³-hybridized carbons (Fsp3) is 0.857. The van der Waals surface area contributed by atoms with Gasteiger partial charge in [-0.2, -0.15) is 0 Å². The Kier molecular flexibility index (Phi) is 10.7. The molecular weight excluding hydrogens is 352 g/mol.